The van der Waals surface area contributed by atoms with Crippen molar-refractivity contribution in [3.63, 3.8) is 0 Å². The summed E-state index contributed by atoms with van der Waals surface area (Å²) in [5.74, 6) is -2.17. The van der Waals surface area contributed by atoms with E-state index < -0.39 is 29.0 Å². The summed E-state index contributed by atoms with van der Waals surface area (Å²) in [5, 5.41) is 8.77. The number of hydrogen-bond donors (Lipinski definition) is 1. The van der Waals surface area contributed by atoms with Gasteiger partial charge in [-0.1, -0.05) is 11.6 Å². The van der Waals surface area contributed by atoms with Gasteiger partial charge >= 0.3 is 12.1 Å². The van der Waals surface area contributed by atoms with Crippen LogP contribution in [0.4, 0.5) is 13.2 Å². The van der Waals surface area contributed by atoms with E-state index in [-0.39, 0.29) is 5.75 Å². The molecule has 0 heterocycles. The molecule has 0 aliphatic carbocycles. The van der Waals surface area contributed by atoms with Gasteiger partial charge in [0.15, 0.2) is 0 Å². The second-order valence-electron chi connectivity index (χ2n) is 3.13. The van der Waals surface area contributed by atoms with Crippen molar-refractivity contribution in [1.82, 2.24) is 0 Å². The first-order chi connectivity index (χ1) is 8.27. The molecular formula is C10H8ClF3O4. The molecule has 0 bridgehead atoms. The van der Waals surface area contributed by atoms with Gasteiger partial charge in [0.25, 0.3) is 5.63 Å². The Hall–Kier alpha value is -1.63. The van der Waals surface area contributed by atoms with Crippen LogP contribution in [-0.4, -0.2) is 29.9 Å². The number of carboxylic acid groups (broad SMARTS) is 1. The molecule has 0 saturated heterocycles. The minimum Gasteiger partial charge on any atom is -0.497 e. The van der Waals surface area contributed by atoms with Crippen LogP contribution in [0.2, 0.25) is 0 Å². The summed E-state index contributed by atoms with van der Waals surface area (Å²) < 4.78 is 47.0. The standard InChI is InChI=1S/C10H8ClF3O4/c1-17-5-2-3-6(8(15)16)7(4-5)18-10(13,14)9(11)12/h2-4,9H,1H3,(H,15,16)/t9-/m1/s1. The van der Waals surface area contributed by atoms with E-state index in [1.807, 2.05) is 0 Å². The molecule has 1 aromatic rings. The first-order valence-electron chi connectivity index (χ1n) is 4.54. The minimum atomic E-state index is -4.35. The van der Waals surface area contributed by atoms with Crippen molar-refractivity contribution in [2.45, 2.75) is 11.7 Å². The maximum absolute atomic E-state index is 12.9. The highest BCUT2D eigenvalue weighted by atomic mass is 35.5. The van der Waals surface area contributed by atoms with E-state index in [4.69, 9.17) is 9.84 Å². The van der Waals surface area contributed by atoms with E-state index in [9.17, 15) is 18.0 Å². The number of carboxylic acids is 1. The molecule has 1 N–H and O–H groups in total. The Morgan fingerprint density at radius 2 is 2.11 bits per heavy atom. The summed E-state index contributed by atoms with van der Waals surface area (Å²) in [4.78, 5) is 10.8. The molecule has 1 aromatic carbocycles. The van der Waals surface area contributed by atoms with Crippen molar-refractivity contribution in [1.29, 1.82) is 0 Å². The number of ether oxygens (including phenoxy) is 2. The summed E-state index contributed by atoms with van der Waals surface area (Å²) in [6.45, 7) is 0. The number of benzene rings is 1. The Balaban J connectivity index is 3.16. The summed E-state index contributed by atoms with van der Waals surface area (Å²) >= 11 is 4.60. The van der Waals surface area contributed by atoms with Crippen LogP contribution in [0.3, 0.4) is 0 Å². The fourth-order valence-corrected chi connectivity index (χ4v) is 1.13. The van der Waals surface area contributed by atoms with Crippen LogP contribution in [0, 0.1) is 0 Å². The second-order valence-corrected chi connectivity index (χ2v) is 3.51. The summed E-state index contributed by atoms with van der Waals surface area (Å²) in [6, 6.07) is 3.13. The van der Waals surface area contributed by atoms with Crippen molar-refractivity contribution < 1.29 is 32.5 Å². The number of aromatic carboxylic acids is 1. The summed E-state index contributed by atoms with van der Waals surface area (Å²) in [6.07, 6.45) is -4.35. The lowest BCUT2D eigenvalue weighted by atomic mass is 10.2. The molecule has 0 fully saturated rings. The third-order valence-electron chi connectivity index (χ3n) is 1.92. The highest BCUT2D eigenvalue weighted by molar-refractivity contribution is 6.20. The SMILES string of the molecule is COc1ccc(C(=O)O)c(OC(F)(F)[C@@H](F)Cl)c1. The van der Waals surface area contributed by atoms with Gasteiger partial charge in [0.2, 0.25) is 0 Å². The summed E-state index contributed by atoms with van der Waals surface area (Å²) in [7, 11) is 1.25. The molecule has 0 unspecified atom stereocenters. The molecule has 8 heteroatoms. The predicted octanol–water partition coefficient (Wildman–Crippen LogP) is 2.90. The topological polar surface area (TPSA) is 55.8 Å². The van der Waals surface area contributed by atoms with Crippen LogP contribution in [-0.2, 0) is 0 Å². The maximum Gasteiger partial charge on any atom is 0.444 e. The van der Waals surface area contributed by atoms with E-state index in [1.165, 1.54) is 13.2 Å². The van der Waals surface area contributed by atoms with Crippen molar-refractivity contribution in [3.8, 4) is 11.5 Å². The zero-order chi connectivity index (χ0) is 13.9. The lowest BCUT2D eigenvalue weighted by Crippen LogP contribution is -2.33. The number of alkyl halides is 4. The fraction of sp³-hybridized carbons (Fsp3) is 0.300. The van der Waals surface area contributed by atoms with Crippen molar-refractivity contribution >= 4 is 17.6 Å². The van der Waals surface area contributed by atoms with Gasteiger partial charge in [-0.2, -0.15) is 8.78 Å². The van der Waals surface area contributed by atoms with E-state index in [2.05, 4.69) is 16.3 Å². The molecule has 0 radical (unpaired) electrons. The van der Waals surface area contributed by atoms with Gasteiger partial charge in [0, 0.05) is 6.07 Å². The second kappa shape index (κ2) is 5.34. The predicted molar refractivity (Wildman–Crippen MR) is 56.3 cm³/mol. The lowest BCUT2D eigenvalue weighted by Gasteiger charge is -2.19. The third-order valence-corrected chi connectivity index (χ3v) is 2.17. The Bertz CT molecular complexity index is 451. The van der Waals surface area contributed by atoms with E-state index in [0.717, 1.165) is 12.1 Å². The largest absolute Gasteiger partial charge is 0.497 e. The van der Waals surface area contributed by atoms with Gasteiger partial charge in [-0.05, 0) is 12.1 Å². The quantitative estimate of drug-likeness (QED) is 0.845. The Kier molecular flexibility index (Phi) is 4.28. The van der Waals surface area contributed by atoms with Crippen LogP contribution in [0.15, 0.2) is 18.2 Å². The number of hydrogen-bond acceptors (Lipinski definition) is 3. The van der Waals surface area contributed by atoms with Gasteiger partial charge in [-0.3, -0.25) is 0 Å². The van der Waals surface area contributed by atoms with Crippen molar-refractivity contribution in [3.05, 3.63) is 23.8 Å². The minimum absolute atomic E-state index is 0.0794. The monoisotopic (exact) mass is 284 g/mol. The smallest absolute Gasteiger partial charge is 0.444 e. The number of halogens is 4. The van der Waals surface area contributed by atoms with Crippen LogP contribution >= 0.6 is 11.6 Å². The average molecular weight is 285 g/mol. The molecule has 0 saturated carbocycles. The summed E-state index contributed by atoms with van der Waals surface area (Å²) in [5.41, 5.74) is -3.67. The number of rotatable bonds is 5. The Morgan fingerprint density at radius 3 is 2.56 bits per heavy atom. The van der Waals surface area contributed by atoms with Gasteiger partial charge < -0.3 is 14.6 Å². The first kappa shape index (κ1) is 14.4. The maximum atomic E-state index is 12.9. The number of methoxy groups -OCH3 is 1. The third kappa shape index (κ3) is 3.19. The molecule has 0 aliphatic rings. The molecule has 0 aromatic heterocycles. The van der Waals surface area contributed by atoms with Gasteiger partial charge in [0.1, 0.15) is 17.1 Å². The van der Waals surface area contributed by atoms with E-state index in [0.29, 0.717) is 0 Å². The average Bonchev–Trinajstić information content (AvgIpc) is 2.27. The molecular weight excluding hydrogens is 277 g/mol. The van der Waals surface area contributed by atoms with Gasteiger partial charge in [-0.25, -0.2) is 9.18 Å². The fourth-order valence-electron chi connectivity index (χ4n) is 1.08. The van der Waals surface area contributed by atoms with Gasteiger partial charge in [0.05, 0.1) is 7.11 Å². The zero-order valence-electron chi connectivity index (χ0n) is 8.99. The Morgan fingerprint density at radius 1 is 1.50 bits per heavy atom. The van der Waals surface area contributed by atoms with Crippen LogP contribution < -0.4 is 9.47 Å². The van der Waals surface area contributed by atoms with Crippen molar-refractivity contribution in [2.24, 2.45) is 0 Å². The molecule has 0 aliphatic heterocycles. The normalized spacial score (nSPS) is 12.9. The van der Waals surface area contributed by atoms with Crippen LogP contribution in [0.5, 0.6) is 11.5 Å². The molecule has 4 nitrogen and oxygen atoms in total. The first-order valence-corrected chi connectivity index (χ1v) is 4.98. The zero-order valence-corrected chi connectivity index (χ0v) is 9.75. The molecule has 1 rings (SSSR count). The highest BCUT2D eigenvalue weighted by Crippen LogP contribution is 2.33. The molecule has 1 atom stereocenters. The van der Waals surface area contributed by atoms with Crippen LogP contribution in [0.1, 0.15) is 10.4 Å². The Labute approximate surface area is 105 Å². The molecule has 18 heavy (non-hydrogen) atoms. The molecule has 100 valence electrons. The van der Waals surface area contributed by atoms with E-state index >= 15 is 0 Å². The molecule has 0 spiro atoms. The van der Waals surface area contributed by atoms with E-state index in [1.54, 1.807) is 0 Å². The van der Waals surface area contributed by atoms with Gasteiger partial charge in [-0.15, -0.1) is 0 Å². The lowest BCUT2D eigenvalue weighted by molar-refractivity contribution is -0.199. The molecule has 0 amide bonds. The number of carbonyl (C=O) groups is 1. The van der Waals surface area contributed by atoms with Crippen molar-refractivity contribution in [2.75, 3.05) is 7.11 Å². The van der Waals surface area contributed by atoms with Crippen LogP contribution in [0.25, 0.3) is 0 Å². The highest BCUT2D eigenvalue weighted by Gasteiger charge is 2.43.